The van der Waals surface area contributed by atoms with E-state index in [9.17, 15) is 9.90 Å². The average Bonchev–Trinajstić information content (AvgIpc) is 2.79. The number of hydrogen-bond acceptors (Lipinski definition) is 4. The maximum Gasteiger partial charge on any atom is 0.235 e. The molecule has 2 saturated heterocycles. The quantitative estimate of drug-likeness (QED) is 0.800. The molecule has 98 valence electrons. The standard InChI is InChI=1S/C12H21NO3S/c1-12(2)8-13(6-9(7-14)16-12)11(15)10-4-3-5-17-10/h9-10,14H,3-8H2,1-2H3. The van der Waals surface area contributed by atoms with Gasteiger partial charge in [-0.15, -0.1) is 11.8 Å². The lowest BCUT2D eigenvalue weighted by atomic mass is 10.0. The van der Waals surface area contributed by atoms with Gasteiger partial charge in [0.2, 0.25) is 5.91 Å². The van der Waals surface area contributed by atoms with Crippen molar-refractivity contribution in [1.29, 1.82) is 0 Å². The molecule has 5 heteroatoms. The Balaban J connectivity index is 2.01. The molecule has 4 nitrogen and oxygen atoms in total. The summed E-state index contributed by atoms with van der Waals surface area (Å²) in [6, 6.07) is 0. The summed E-state index contributed by atoms with van der Waals surface area (Å²) in [6.45, 7) is 5.06. The molecular formula is C12H21NO3S. The molecule has 2 rings (SSSR count). The number of ether oxygens (including phenoxy) is 1. The highest BCUT2D eigenvalue weighted by Crippen LogP contribution is 2.30. The van der Waals surface area contributed by atoms with Crippen molar-refractivity contribution in [2.45, 2.75) is 43.6 Å². The van der Waals surface area contributed by atoms with Crippen LogP contribution in [0.3, 0.4) is 0 Å². The molecule has 1 amide bonds. The van der Waals surface area contributed by atoms with Crippen LogP contribution in [0.15, 0.2) is 0 Å². The largest absolute Gasteiger partial charge is 0.394 e. The minimum Gasteiger partial charge on any atom is -0.394 e. The fourth-order valence-corrected chi connectivity index (χ4v) is 3.78. The maximum atomic E-state index is 12.3. The summed E-state index contributed by atoms with van der Waals surface area (Å²) in [5.41, 5.74) is -0.357. The minimum atomic E-state index is -0.357. The highest BCUT2D eigenvalue weighted by atomic mass is 32.2. The number of carbonyl (C=O) groups is 1. The van der Waals surface area contributed by atoms with Crippen LogP contribution in [0.5, 0.6) is 0 Å². The van der Waals surface area contributed by atoms with Crippen molar-refractivity contribution in [3.8, 4) is 0 Å². The second-order valence-corrected chi connectivity index (χ2v) is 6.71. The molecular weight excluding hydrogens is 238 g/mol. The van der Waals surface area contributed by atoms with E-state index >= 15 is 0 Å². The Kier molecular flexibility index (Phi) is 4.00. The van der Waals surface area contributed by atoms with E-state index in [1.807, 2.05) is 18.7 Å². The fraction of sp³-hybridized carbons (Fsp3) is 0.917. The van der Waals surface area contributed by atoms with E-state index in [-0.39, 0.29) is 29.5 Å². The van der Waals surface area contributed by atoms with Crippen LogP contribution in [0.25, 0.3) is 0 Å². The third-order valence-electron chi connectivity index (χ3n) is 3.20. The van der Waals surface area contributed by atoms with Crippen LogP contribution in [0.2, 0.25) is 0 Å². The van der Waals surface area contributed by atoms with Gasteiger partial charge < -0.3 is 14.7 Å². The second kappa shape index (κ2) is 5.16. The second-order valence-electron chi connectivity index (χ2n) is 5.40. The predicted molar refractivity (Wildman–Crippen MR) is 68.1 cm³/mol. The number of aliphatic hydroxyl groups is 1. The zero-order valence-corrected chi connectivity index (χ0v) is 11.3. The molecule has 0 spiro atoms. The number of nitrogens with zero attached hydrogens (tertiary/aromatic N) is 1. The predicted octanol–water partition coefficient (Wildman–Crippen LogP) is 0.880. The zero-order chi connectivity index (χ0) is 12.5. The molecule has 0 bridgehead atoms. The molecule has 0 saturated carbocycles. The molecule has 0 aromatic carbocycles. The third-order valence-corrected chi connectivity index (χ3v) is 4.57. The van der Waals surface area contributed by atoms with Gasteiger partial charge in [-0.2, -0.15) is 0 Å². The Morgan fingerprint density at radius 3 is 2.94 bits per heavy atom. The van der Waals surface area contributed by atoms with E-state index in [1.54, 1.807) is 11.8 Å². The Morgan fingerprint density at radius 2 is 2.35 bits per heavy atom. The number of carbonyl (C=O) groups excluding carboxylic acids is 1. The normalized spacial score (nSPS) is 32.8. The number of thioether (sulfide) groups is 1. The number of hydrogen-bond donors (Lipinski definition) is 1. The van der Waals surface area contributed by atoms with Gasteiger partial charge in [0.15, 0.2) is 0 Å². The van der Waals surface area contributed by atoms with Crippen LogP contribution in [0.1, 0.15) is 26.7 Å². The lowest BCUT2D eigenvalue weighted by Gasteiger charge is -2.43. The van der Waals surface area contributed by atoms with Crippen LogP contribution in [0, 0.1) is 0 Å². The molecule has 2 heterocycles. The van der Waals surface area contributed by atoms with Crippen LogP contribution < -0.4 is 0 Å². The van der Waals surface area contributed by atoms with Crippen molar-refractivity contribution < 1.29 is 14.6 Å². The summed E-state index contributed by atoms with van der Waals surface area (Å²) in [5, 5.41) is 9.35. The summed E-state index contributed by atoms with van der Waals surface area (Å²) >= 11 is 1.76. The molecule has 2 atom stereocenters. The molecule has 2 fully saturated rings. The summed E-state index contributed by atoms with van der Waals surface area (Å²) in [5.74, 6) is 1.32. The average molecular weight is 259 g/mol. The van der Waals surface area contributed by atoms with Crippen molar-refractivity contribution in [2.75, 3.05) is 25.4 Å². The van der Waals surface area contributed by atoms with Gasteiger partial charge in [0.25, 0.3) is 0 Å². The Hall–Kier alpha value is -0.260. The molecule has 17 heavy (non-hydrogen) atoms. The molecule has 2 unspecified atom stereocenters. The molecule has 0 radical (unpaired) electrons. The maximum absolute atomic E-state index is 12.3. The van der Waals surface area contributed by atoms with Gasteiger partial charge in [-0.1, -0.05) is 0 Å². The smallest absolute Gasteiger partial charge is 0.235 e. The molecule has 0 aromatic rings. The molecule has 0 aromatic heterocycles. The van der Waals surface area contributed by atoms with Gasteiger partial charge in [0, 0.05) is 13.1 Å². The van der Waals surface area contributed by atoms with Gasteiger partial charge in [0.05, 0.1) is 23.6 Å². The zero-order valence-electron chi connectivity index (χ0n) is 10.5. The number of amides is 1. The highest BCUT2D eigenvalue weighted by molar-refractivity contribution is 8.00. The third kappa shape index (κ3) is 3.14. The van der Waals surface area contributed by atoms with Crippen molar-refractivity contribution in [1.82, 2.24) is 4.90 Å². The number of morpholine rings is 1. The first kappa shape index (κ1) is 13.2. The van der Waals surface area contributed by atoms with Crippen LogP contribution in [-0.4, -0.2) is 58.3 Å². The first-order valence-corrected chi connectivity index (χ1v) is 7.26. The topological polar surface area (TPSA) is 49.8 Å². The Labute approximate surface area is 107 Å². The number of rotatable bonds is 2. The summed E-state index contributed by atoms with van der Waals surface area (Å²) in [4.78, 5) is 14.2. The van der Waals surface area contributed by atoms with Gasteiger partial charge in [-0.05, 0) is 32.4 Å². The van der Waals surface area contributed by atoms with E-state index in [0.29, 0.717) is 13.1 Å². The lowest BCUT2D eigenvalue weighted by molar-refractivity contribution is -0.166. The first-order valence-electron chi connectivity index (χ1n) is 6.21. The summed E-state index contributed by atoms with van der Waals surface area (Å²) < 4.78 is 5.72. The van der Waals surface area contributed by atoms with Gasteiger partial charge >= 0.3 is 0 Å². The van der Waals surface area contributed by atoms with Crippen LogP contribution >= 0.6 is 11.8 Å². The van der Waals surface area contributed by atoms with Gasteiger partial charge in [0.1, 0.15) is 0 Å². The molecule has 2 aliphatic heterocycles. The van der Waals surface area contributed by atoms with E-state index in [2.05, 4.69) is 0 Å². The van der Waals surface area contributed by atoms with E-state index in [1.165, 1.54) is 0 Å². The highest BCUT2D eigenvalue weighted by Gasteiger charge is 2.38. The number of aliphatic hydroxyl groups excluding tert-OH is 1. The fourth-order valence-electron chi connectivity index (χ4n) is 2.53. The van der Waals surface area contributed by atoms with Gasteiger partial charge in [-0.3, -0.25) is 4.79 Å². The van der Waals surface area contributed by atoms with E-state index < -0.39 is 0 Å². The molecule has 2 aliphatic rings. The van der Waals surface area contributed by atoms with Gasteiger partial charge in [-0.25, -0.2) is 0 Å². The molecule has 0 aliphatic carbocycles. The van der Waals surface area contributed by atoms with Crippen molar-refractivity contribution in [2.24, 2.45) is 0 Å². The summed E-state index contributed by atoms with van der Waals surface area (Å²) in [6.07, 6.45) is 1.89. The van der Waals surface area contributed by atoms with Crippen molar-refractivity contribution >= 4 is 17.7 Å². The SMILES string of the molecule is CC1(C)CN(C(=O)C2CCCS2)CC(CO)O1. The first-order chi connectivity index (χ1) is 8.02. The minimum absolute atomic E-state index is 0.0228. The Bertz CT molecular complexity index is 289. The van der Waals surface area contributed by atoms with Crippen LogP contribution in [-0.2, 0) is 9.53 Å². The monoisotopic (exact) mass is 259 g/mol. The van der Waals surface area contributed by atoms with Crippen molar-refractivity contribution in [3.05, 3.63) is 0 Å². The summed E-state index contributed by atoms with van der Waals surface area (Å²) in [7, 11) is 0. The van der Waals surface area contributed by atoms with Crippen LogP contribution in [0.4, 0.5) is 0 Å². The molecule has 1 N–H and O–H groups in total. The van der Waals surface area contributed by atoms with E-state index in [0.717, 1.165) is 18.6 Å². The van der Waals surface area contributed by atoms with Crippen molar-refractivity contribution in [3.63, 3.8) is 0 Å². The lowest BCUT2D eigenvalue weighted by Crippen LogP contribution is -2.57. The van der Waals surface area contributed by atoms with E-state index in [4.69, 9.17) is 4.74 Å². The Morgan fingerprint density at radius 1 is 1.59 bits per heavy atom.